The van der Waals surface area contributed by atoms with Gasteiger partial charge in [0, 0.05) is 11.6 Å². The number of nitrogens with zero attached hydrogens (tertiary/aromatic N) is 2. The second kappa shape index (κ2) is 7.86. The van der Waals surface area contributed by atoms with Crippen LogP contribution in [-0.4, -0.2) is 29.9 Å². The second-order valence-electron chi connectivity index (χ2n) is 5.78. The van der Waals surface area contributed by atoms with Gasteiger partial charge < -0.3 is 14.8 Å². The average molecular weight is 331 g/mol. The summed E-state index contributed by atoms with van der Waals surface area (Å²) in [5.41, 5.74) is 1.66. The van der Waals surface area contributed by atoms with E-state index in [9.17, 15) is 4.79 Å². The maximum Gasteiger partial charge on any atom is 0.230 e. The van der Waals surface area contributed by atoms with Crippen LogP contribution in [-0.2, 0) is 11.2 Å². The van der Waals surface area contributed by atoms with E-state index in [1.54, 1.807) is 20.3 Å². The normalized spacial score (nSPS) is 11.9. The summed E-state index contributed by atoms with van der Waals surface area (Å²) in [6.45, 7) is 6.08. The zero-order valence-electron chi connectivity index (χ0n) is 14.9. The number of hydrogen-bond acceptors (Lipinski definition) is 4. The highest BCUT2D eigenvalue weighted by molar-refractivity contribution is 5.92. The monoisotopic (exact) mass is 331 g/mol. The molecule has 130 valence electrons. The predicted octanol–water partition coefficient (Wildman–Crippen LogP) is 3.36. The number of ether oxygens (including phenoxy) is 2. The number of methoxy groups -OCH3 is 2. The number of benzene rings is 1. The summed E-state index contributed by atoms with van der Waals surface area (Å²) in [6.07, 6.45) is 1.14. The molecule has 0 aliphatic heterocycles. The molecule has 0 saturated heterocycles. The van der Waals surface area contributed by atoms with Crippen LogP contribution >= 0.6 is 0 Å². The molecule has 0 bridgehead atoms. The van der Waals surface area contributed by atoms with Gasteiger partial charge in [0.25, 0.3) is 0 Å². The molecule has 0 saturated carbocycles. The highest BCUT2D eigenvalue weighted by atomic mass is 16.5. The number of amides is 1. The lowest BCUT2D eigenvalue weighted by Gasteiger charge is -2.15. The van der Waals surface area contributed by atoms with E-state index >= 15 is 0 Å². The van der Waals surface area contributed by atoms with Gasteiger partial charge in [0.15, 0.2) is 0 Å². The number of anilines is 1. The van der Waals surface area contributed by atoms with Gasteiger partial charge in [-0.15, -0.1) is 0 Å². The van der Waals surface area contributed by atoms with E-state index in [0.717, 1.165) is 17.7 Å². The van der Waals surface area contributed by atoms with Crippen LogP contribution in [0.5, 0.6) is 11.5 Å². The minimum atomic E-state index is -0.119. The Hall–Kier alpha value is -2.50. The Morgan fingerprint density at radius 3 is 2.67 bits per heavy atom. The number of hydrogen-bond donors (Lipinski definition) is 1. The molecule has 1 aromatic heterocycles. The molecule has 1 amide bonds. The first-order valence-corrected chi connectivity index (χ1v) is 8.05. The summed E-state index contributed by atoms with van der Waals surface area (Å²) in [5.74, 6) is 1.95. The molecule has 2 aromatic rings. The van der Waals surface area contributed by atoms with E-state index < -0.39 is 0 Å². The van der Waals surface area contributed by atoms with E-state index in [1.807, 2.05) is 29.8 Å². The second-order valence-corrected chi connectivity index (χ2v) is 5.78. The Kier molecular flexibility index (Phi) is 5.84. The minimum absolute atomic E-state index is 0.119. The van der Waals surface area contributed by atoms with E-state index in [1.165, 1.54) is 0 Å². The molecule has 1 aromatic carbocycles. The third kappa shape index (κ3) is 4.07. The molecule has 1 N–H and O–H groups in total. The minimum Gasteiger partial charge on any atom is -0.497 e. The Bertz CT molecular complexity index is 710. The van der Waals surface area contributed by atoms with Crippen molar-refractivity contribution in [1.29, 1.82) is 0 Å². The number of aryl methyl sites for hydroxylation is 1. The van der Waals surface area contributed by atoms with Crippen LogP contribution in [0.25, 0.3) is 0 Å². The first-order valence-electron chi connectivity index (χ1n) is 8.05. The molecule has 2 rings (SSSR count). The van der Waals surface area contributed by atoms with E-state index in [4.69, 9.17) is 9.47 Å². The Morgan fingerprint density at radius 2 is 2.04 bits per heavy atom. The first kappa shape index (κ1) is 17.8. The van der Waals surface area contributed by atoms with Crippen molar-refractivity contribution in [2.24, 2.45) is 0 Å². The van der Waals surface area contributed by atoms with Crippen molar-refractivity contribution in [2.75, 3.05) is 19.5 Å². The Morgan fingerprint density at radius 1 is 1.29 bits per heavy atom. The van der Waals surface area contributed by atoms with Gasteiger partial charge in [-0.1, -0.05) is 6.92 Å². The van der Waals surface area contributed by atoms with Crippen LogP contribution in [0, 0.1) is 6.92 Å². The van der Waals surface area contributed by atoms with Crippen LogP contribution < -0.4 is 14.8 Å². The zero-order valence-corrected chi connectivity index (χ0v) is 14.9. The Labute approximate surface area is 142 Å². The molecule has 1 unspecified atom stereocenters. The number of nitrogens with one attached hydrogen (secondary N) is 1. The number of rotatable bonds is 7. The smallest absolute Gasteiger partial charge is 0.230 e. The van der Waals surface area contributed by atoms with Crippen molar-refractivity contribution in [2.45, 2.75) is 39.7 Å². The lowest BCUT2D eigenvalue weighted by Crippen LogP contribution is -2.19. The molecule has 6 heteroatoms. The van der Waals surface area contributed by atoms with Crippen molar-refractivity contribution in [3.63, 3.8) is 0 Å². The van der Waals surface area contributed by atoms with Gasteiger partial charge >= 0.3 is 0 Å². The highest BCUT2D eigenvalue weighted by Crippen LogP contribution is 2.25. The average Bonchev–Trinajstić information content (AvgIpc) is 2.94. The lowest BCUT2D eigenvalue weighted by atomic mass is 10.1. The molecule has 0 radical (unpaired) electrons. The number of carbonyl (C=O) groups excluding carboxylic acids is 1. The largest absolute Gasteiger partial charge is 0.497 e. The first-order chi connectivity index (χ1) is 11.5. The van der Waals surface area contributed by atoms with Crippen LogP contribution in [0.4, 0.5) is 5.82 Å². The third-order valence-corrected chi connectivity index (χ3v) is 3.97. The van der Waals surface area contributed by atoms with Gasteiger partial charge in [-0.25, -0.2) is 4.68 Å². The van der Waals surface area contributed by atoms with Gasteiger partial charge in [-0.3, -0.25) is 4.79 Å². The SMILES string of the molecule is CCC(C)n1nc(C)cc1NC(=O)Cc1cc(OC)ccc1OC. The quantitative estimate of drug-likeness (QED) is 0.845. The van der Waals surface area contributed by atoms with Crippen molar-refractivity contribution in [3.05, 3.63) is 35.5 Å². The summed E-state index contributed by atoms with van der Waals surface area (Å²) >= 11 is 0. The molecule has 6 nitrogen and oxygen atoms in total. The summed E-state index contributed by atoms with van der Waals surface area (Å²) in [6, 6.07) is 7.53. The predicted molar refractivity (Wildman–Crippen MR) is 93.8 cm³/mol. The fourth-order valence-electron chi connectivity index (χ4n) is 2.50. The molecule has 24 heavy (non-hydrogen) atoms. The van der Waals surface area contributed by atoms with Gasteiger partial charge in [0.1, 0.15) is 17.3 Å². The molecular formula is C18H25N3O3. The van der Waals surface area contributed by atoms with E-state index in [0.29, 0.717) is 17.3 Å². The molecule has 1 atom stereocenters. The van der Waals surface area contributed by atoms with Gasteiger partial charge in [-0.05, 0) is 38.5 Å². The molecule has 1 heterocycles. The molecule has 0 aliphatic rings. The van der Waals surface area contributed by atoms with E-state index in [2.05, 4.69) is 24.3 Å². The standard InChI is InChI=1S/C18H25N3O3/c1-6-13(3)21-17(9-12(2)20-21)19-18(22)11-14-10-15(23-4)7-8-16(14)24-5/h7-10,13H,6,11H2,1-5H3,(H,19,22). The van der Waals surface area contributed by atoms with Crippen LogP contribution in [0.15, 0.2) is 24.3 Å². The summed E-state index contributed by atoms with van der Waals surface area (Å²) in [5, 5.41) is 7.41. The number of carbonyl (C=O) groups is 1. The zero-order chi connectivity index (χ0) is 17.7. The maximum absolute atomic E-state index is 12.5. The summed E-state index contributed by atoms with van der Waals surface area (Å²) in [4.78, 5) is 12.5. The maximum atomic E-state index is 12.5. The molecule has 0 fully saturated rings. The van der Waals surface area contributed by atoms with Crippen molar-refractivity contribution >= 4 is 11.7 Å². The van der Waals surface area contributed by atoms with Crippen LogP contribution in [0.2, 0.25) is 0 Å². The number of aromatic nitrogens is 2. The molecule has 0 aliphatic carbocycles. The topological polar surface area (TPSA) is 65.4 Å². The molecule has 0 spiro atoms. The van der Waals surface area contributed by atoms with Gasteiger partial charge in [0.05, 0.1) is 32.4 Å². The highest BCUT2D eigenvalue weighted by Gasteiger charge is 2.15. The van der Waals surface area contributed by atoms with Crippen molar-refractivity contribution < 1.29 is 14.3 Å². The van der Waals surface area contributed by atoms with Gasteiger partial charge in [-0.2, -0.15) is 5.10 Å². The third-order valence-electron chi connectivity index (χ3n) is 3.97. The van der Waals surface area contributed by atoms with E-state index in [-0.39, 0.29) is 18.4 Å². The van der Waals surface area contributed by atoms with Gasteiger partial charge in [0.2, 0.25) is 5.91 Å². The summed E-state index contributed by atoms with van der Waals surface area (Å²) < 4.78 is 12.4. The lowest BCUT2D eigenvalue weighted by molar-refractivity contribution is -0.115. The van der Waals surface area contributed by atoms with Crippen molar-refractivity contribution in [3.8, 4) is 11.5 Å². The Balaban J connectivity index is 2.17. The van der Waals surface area contributed by atoms with Crippen LogP contribution in [0.1, 0.15) is 37.6 Å². The fraction of sp³-hybridized carbons (Fsp3) is 0.444. The fourth-order valence-corrected chi connectivity index (χ4v) is 2.50. The summed E-state index contributed by atoms with van der Waals surface area (Å²) in [7, 11) is 3.18. The molecular weight excluding hydrogens is 306 g/mol. The van der Waals surface area contributed by atoms with Crippen molar-refractivity contribution in [1.82, 2.24) is 9.78 Å². The van der Waals surface area contributed by atoms with Crippen LogP contribution in [0.3, 0.4) is 0 Å².